The normalized spacial score (nSPS) is 17.7. The average molecular weight is 198 g/mol. The zero-order chi connectivity index (χ0) is 9.07. The Bertz CT molecular complexity index is 230. The predicted octanol–water partition coefficient (Wildman–Crippen LogP) is 0.188. The van der Waals surface area contributed by atoms with Gasteiger partial charge in [0.1, 0.15) is 9.84 Å². The van der Waals surface area contributed by atoms with Crippen LogP contribution in [0.4, 0.5) is 0 Å². The fourth-order valence-corrected chi connectivity index (χ4v) is 1.93. The van der Waals surface area contributed by atoms with Gasteiger partial charge < -0.3 is 0 Å². The number of rotatable bonds is 4. The number of hydrogen-bond acceptors (Lipinski definition) is 3. The topological polar surface area (TPSA) is 51.2 Å². The lowest BCUT2D eigenvalue weighted by atomic mass is 10.4. The molecule has 0 rings (SSSR count). The second-order valence-corrected chi connectivity index (χ2v) is 6.79. The van der Waals surface area contributed by atoms with Crippen molar-refractivity contribution < 1.29 is 12.6 Å². The summed E-state index contributed by atoms with van der Waals surface area (Å²) < 4.78 is 32.1. The molecule has 5 heteroatoms. The minimum Gasteiger partial charge on any atom is -0.260 e. The lowest BCUT2D eigenvalue weighted by Crippen LogP contribution is -2.15. The van der Waals surface area contributed by atoms with Crippen molar-refractivity contribution in [1.82, 2.24) is 0 Å². The van der Waals surface area contributed by atoms with Crippen LogP contribution in [0.3, 0.4) is 0 Å². The van der Waals surface area contributed by atoms with Crippen molar-refractivity contribution in [3.05, 3.63) is 0 Å². The van der Waals surface area contributed by atoms with Gasteiger partial charge in [0.15, 0.2) is 0 Å². The number of sulfone groups is 1. The maximum Gasteiger partial charge on any atom is 0.147 e. The van der Waals surface area contributed by atoms with Crippen LogP contribution >= 0.6 is 0 Å². The van der Waals surface area contributed by atoms with E-state index in [9.17, 15) is 12.6 Å². The van der Waals surface area contributed by atoms with Crippen LogP contribution < -0.4 is 0 Å². The molecule has 0 aliphatic carbocycles. The Morgan fingerprint density at radius 3 is 2.18 bits per heavy atom. The van der Waals surface area contributed by atoms with Crippen LogP contribution in [-0.4, -0.2) is 36.1 Å². The van der Waals surface area contributed by atoms with Gasteiger partial charge >= 0.3 is 0 Å². The highest BCUT2D eigenvalue weighted by Gasteiger charge is 2.09. The van der Waals surface area contributed by atoms with E-state index in [-0.39, 0.29) is 11.0 Å². The first-order valence-corrected chi connectivity index (χ1v) is 7.01. The van der Waals surface area contributed by atoms with Gasteiger partial charge in [-0.1, -0.05) is 6.92 Å². The Morgan fingerprint density at radius 2 is 1.91 bits per heavy atom. The molecule has 0 saturated carbocycles. The van der Waals surface area contributed by atoms with Crippen molar-refractivity contribution in [3.8, 4) is 0 Å². The predicted molar refractivity (Wildman–Crippen MR) is 47.9 cm³/mol. The summed E-state index contributed by atoms with van der Waals surface area (Å²) in [5.41, 5.74) is 0. The van der Waals surface area contributed by atoms with E-state index in [0.29, 0.717) is 6.42 Å². The fraction of sp³-hybridized carbons (Fsp3) is 1.00. The molecule has 0 saturated heterocycles. The van der Waals surface area contributed by atoms with Crippen molar-refractivity contribution in [2.45, 2.75) is 18.6 Å². The van der Waals surface area contributed by atoms with Crippen LogP contribution in [0.5, 0.6) is 0 Å². The zero-order valence-electron chi connectivity index (χ0n) is 7.03. The van der Waals surface area contributed by atoms with Gasteiger partial charge in [0.05, 0.1) is 5.75 Å². The van der Waals surface area contributed by atoms with E-state index >= 15 is 0 Å². The van der Waals surface area contributed by atoms with E-state index in [1.807, 2.05) is 0 Å². The van der Waals surface area contributed by atoms with Crippen molar-refractivity contribution >= 4 is 20.6 Å². The molecule has 2 atom stereocenters. The summed E-state index contributed by atoms with van der Waals surface area (Å²) in [6.45, 7) is 1.79. The Kier molecular flexibility index (Phi) is 4.25. The zero-order valence-corrected chi connectivity index (χ0v) is 8.67. The Balaban J connectivity index is 3.82. The maximum absolute atomic E-state index is 10.8. The van der Waals surface area contributed by atoms with E-state index in [2.05, 4.69) is 0 Å². The van der Waals surface area contributed by atoms with Gasteiger partial charge in [-0.3, -0.25) is 4.21 Å². The molecule has 0 N–H and O–H groups in total. The first kappa shape index (κ1) is 11.1. The van der Waals surface area contributed by atoms with Crippen molar-refractivity contribution in [1.29, 1.82) is 0 Å². The minimum atomic E-state index is -2.89. The van der Waals surface area contributed by atoms with Gasteiger partial charge in [-0.05, 0) is 6.42 Å². The molecular weight excluding hydrogens is 184 g/mol. The standard InChI is InChI=1S/C6H14O3S2/c1-6(10(2)7)4-5-11(3,8)9/h6H,4-5H2,1-3H3. The van der Waals surface area contributed by atoms with E-state index in [4.69, 9.17) is 0 Å². The summed E-state index contributed by atoms with van der Waals surface area (Å²) in [7, 11) is -3.80. The molecule has 0 aliphatic heterocycles. The third-order valence-corrected chi connectivity index (χ3v) is 3.81. The summed E-state index contributed by atoms with van der Waals surface area (Å²) in [4.78, 5) is 0. The van der Waals surface area contributed by atoms with Gasteiger partial charge in [0.2, 0.25) is 0 Å². The highest BCUT2D eigenvalue weighted by Crippen LogP contribution is 2.00. The Labute approximate surface area is 70.6 Å². The quantitative estimate of drug-likeness (QED) is 0.648. The third-order valence-electron chi connectivity index (χ3n) is 1.46. The van der Waals surface area contributed by atoms with Crippen molar-refractivity contribution in [2.75, 3.05) is 18.3 Å². The van der Waals surface area contributed by atoms with E-state index in [0.717, 1.165) is 0 Å². The first-order valence-electron chi connectivity index (χ1n) is 3.33. The first-order chi connectivity index (χ1) is 4.83. The van der Waals surface area contributed by atoms with Gasteiger partial charge in [-0.2, -0.15) is 0 Å². The second-order valence-electron chi connectivity index (χ2n) is 2.73. The molecule has 0 amide bonds. The molecule has 0 fully saturated rings. The molecule has 0 bridgehead atoms. The lowest BCUT2D eigenvalue weighted by molar-refractivity contribution is 0.598. The molecule has 0 aromatic carbocycles. The van der Waals surface area contributed by atoms with Crippen LogP contribution in [0.25, 0.3) is 0 Å². The molecule has 0 aromatic heterocycles. The highest BCUT2D eigenvalue weighted by atomic mass is 32.2. The molecule has 68 valence electrons. The van der Waals surface area contributed by atoms with Crippen LogP contribution in [0.15, 0.2) is 0 Å². The largest absolute Gasteiger partial charge is 0.260 e. The molecule has 3 nitrogen and oxygen atoms in total. The average Bonchev–Trinajstić information content (AvgIpc) is 1.80. The molecule has 2 unspecified atom stereocenters. The summed E-state index contributed by atoms with van der Waals surface area (Å²) in [6.07, 6.45) is 3.27. The fourth-order valence-electron chi connectivity index (χ4n) is 0.546. The summed E-state index contributed by atoms with van der Waals surface area (Å²) in [5, 5.41) is -0.0234. The SMILES string of the molecule is CC(CCS(C)(=O)=O)S(C)=O. The second kappa shape index (κ2) is 4.21. The number of hydrogen-bond donors (Lipinski definition) is 0. The molecule has 0 aliphatic rings. The van der Waals surface area contributed by atoms with E-state index in [1.54, 1.807) is 13.2 Å². The van der Waals surface area contributed by atoms with Crippen LogP contribution in [-0.2, 0) is 20.6 Å². The third kappa shape index (κ3) is 6.50. The molecular formula is C6H14O3S2. The van der Waals surface area contributed by atoms with Gasteiger partial charge in [-0.15, -0.1) is 0 Å². The minimum absolute atomic E-state index is 0.0234. The lowest BCUT2D eigenvalue weighted by Gasteiger charge is -2.05. The molecule has 0 aromatic rings. The Morgan fingerprint density at radius 1 is 1.45 bits per heavy atom. The van der Waals surface area contributed by atoms with Crippen LogP contribution in [0.2, 0.25) is 0 Å². The van der Waals surface area contributed by atoms with E-state index in [1.165, 1.54) is 6.26 Å². The summed E-state index contributed by atoms with van der Waals surface area (Å²) in [6, 6.07) is 0. The maximum atomic E-state index is 10.8. The van der Waals surface area contributed by atoms with Crippen LogP contribution in [0.1, 0.15) is 13.3 Å². The molecule has 0 radical (unpaired) electrons. The van der Waals surface area contributed by atoms with Crippen molar-refractivity contribution in [2.24, 2.45) is 0 Å². The molecule has 11 heavy (non-hydrogen) atoms. The van der Waals surface area contributed by atoms with E-state index < -0.39 is 20.6 Å². The molecule has 0 spiro atoms. The van der Waals surface area contributed by atoms with Crippen LogP contribution in [0, 0.1) is 0 Å². The van der Waals surface area contributed by atoms with Gasteiger partial charge in [0, 0.05) is 28.6 Å². The summed E-state index contributed by atoms with van der Waals surface area (Å²) in [5.74, 6) is 0.133. The van der Waals surface area contributed by atoms with Gasteiger partial charge in [-0.25, -0.2) is 8.42 Å². The Hall–Kier alpha value is 0.1000. The monoisotopic (exact) mass is 198 g/mol. The summed E-state index contributed by atoms with van der Waals surface area (Å²) >= 11 is 0. The highest BCUT2D eigenvalue weighted by molar-refractivity contribution is 7.90. The smallest absolute Gasteiger partial charge is 0.147 e. The molecule has 0 heterocycles. The van der Waals surface area contributed by atoms with Gasteiger partial charge in [0.25, 0.3) is 0 Å². The van der Waals surface area contributed by atoms with Crippen molar-refractivity contribution in [3.63, 3.8) is 0 Å².